The van der Waals surface area contributed by atoms with Crippen LogP contribution >= 0.6 is 23.1 Å². The second-order valence-corrected chi connectivity index (χ2v) is 8.79. The van der Waals surface area contributed by atoms with Gasteiger partial charge in [-0.2, -0.15) is 8.78 Å². The van der Waals surface area contributed by atoms with Crippen LogP contribution in [0.1, 0.15) is 25.8 Å². The minimum atomic E-state index is -2.88. The molecule has 0 saturated heterocycles. The number of alkyl halides is 2. The molecule has 1 N–H and O–H groups in total. The quantitative estimate of drug-likeness (QED) is 0.500. The number of anilines is 1. The minimum absolute atomic E-state index is 0.0408. The predicted molar refractivity (Wildman–Crippen MR) is 109 cm³/mol. The third-order valence-electron chi connectivity index (χ3n) is 4.32. The summed E-state index contributed by atoms with van der Waals surface area (Å²) in [6.07, 6.45) is 2.16. The van der Waals surface area contributed by atoms with Crippen LogP contribution in [0.3, 0.4) is 0 Å². The van der Waals surface area contributed by atoms with Crippen LogP contribution in [0.5, 0.6) is 5.75 Å². The van der Waals surface area contributed by atoms with Gasteiger partial charge >= 0.3 is 6.61 Å². The number of benzene rings is 1. The maximum Gasteiger partial charge on any atom is 0.387 e. The molecule has 1 unspecified atom stereocenters. The first kappa shape index (κ1) is 19.8. The van der Waals surface area contributed by atoms with E-state index < -0.39 is 11.9 Å². The van der Waals surface area contributed by atoms with Gasteiger partial charge in [0.15, 0.2) is 11.0 Å². The molecule has 0 radical (unpaired) electrons. The molecular weight excluding hydrogens is 418 g/mol. The van der Waals surface area contributed by atoms with Crippen molar-refractivity contribution in [3.8, 4) is 16.5 Å². The lowest BCUT2D eigenvalue weighted by atomic mass is 10.3. The Kier molecular flexibility index (Phi) is 5.81. The van der Waals surface area contributed by atoms with Crippen molar-refractivity contribution in [1.82, 2.24) is 14.8 Å². The van der Waals surface area contributed by atoms with Crippen LogP contribution in [0.25, 0.3) is 10.7 Å². The van der Waals surface area contributed by atoms with Gasteiger partial charge in [0.2, 0.25) is 5.91 Å². The highest BCUT2D eigenvalue weighted by Gasteiger charge is 2.31. The Hall–Kier alpha value is -2.46. The van der Waals surface area contributed by atoms with Crippen molar-refractivity contribution >= 4 is 34.7 Å². The monoisotopic (exact) mass is 436 g/mol. The third-order valence-corrected chi connectivity index (χ3v) is 6.24. The fraction of sp³-hybridized carbons (Fsp3) is 0.316. The summed E-state index contributed by atoms with van der Waals surface area (Å²) in [6.45, 7) is -1.08. The summed E-state index contributed by atoms with van der Waals surface area (Å²) in [5.41, 5.74) is 0.506. The molecule has 0 bridgehead atoms. The van der Waals surface area contributed by atoms with Crippen molar-refractivity contribution < 1.29 is 18.3 Å². The van der Waals surface area contributed by atoms with E-state index in [-0.39, 0.29) is 11.7 Å². The number of thioether (sulfide) groups is 1. The molecule has 10 heteroatoms. The fourth-order valence-electron chi connectivity index (χ4n) is 2.77. The average Bonchev–Trinajstić information content (AvgIpc) is 3.21. The van der Waals surface area contributed by atoms with Crippen molar-refractivity contribution in [1.29, 1.82) is 0 Å². The first-order chi connectivity index (χ1) is 14.0. The molecule has 6 nitrogen and oxygen atoms in total. The number of nitrogens with zero attached hydrogens (tertiary/aromatic N) is 3. The molecule has 1 aromatic carbocycles. The van der Waals surface area contributed by atoms with Crippen LogP contribution in [0.15, 0.2) is 46.9 Å². The second kappa shape index (κ2) is 8.50. The van der Waals surface area contributed by atoms with E-state index in [0.29, 0.717) is 11.7 Å². The van der Waals surface area contributed by atoms with Crippen LogP contribution in [-0.2, 0) is 4.79 Å². The fourth-order valence-corrected chi connectivity index (χ4v) is 4.39. The normalized spacial score (nSPS) is 14.8. The molecule has 1 amide bonds. The SMILES string of the molecule is CC(Sc1nnc(-c2cccs2)n1C1CC1)C(=O)Nc1ccc(OC(F)F)cc1. The number of hydrogen-bond acceptors (Lipinski definition) is 6. The van der Waals surface area contributed by atoms with E-state index in [0.717, 1.165) is 28.7 Å². The molecule has 0 aliphatic heterocycles. The number of amides is 1. The molecule has 152 valence electrons. The van der Waals surface area contributed by atoms with E-state index in [1.54, 1.807) is 18.3 Å². The highest BCUT2D eigenvalue weighted by Crippen LogP contribution is 2.42. The van der Waals surface area contributed by atoms with Crippen LogP contribution < -0.4 is 10.1 Å². The lowest BCUT2D eigenvalue weighted by Crippen LogP contribution is -2.23. The van der Waals surface area contributed by atoms with Gasteiger partial charge in [-0.05, 0) is 55.5 Å². The predicted octanol–water partition coefficient (Wildman–Crippen LogP) is 5.06. The first-order valence-corrected chi connectivity index (χ1v) is 10.8. The number of halogens is 2. The number of rotatable bonds is 8. The van der Waals surface area contributed by atoms with Gasteiger partial charge in [0, 0.05) is 11.7 Å². The summed E-state index contributed by atoms with van der Waals surface area (Å²) >= 11 is 2.96. The lowest BCUT2D eigenvalue weighted by molar-refractivity contribution is -0.115. The number of carbonyl (C=O) groups excluding carboxylic acids is 1. The summed E-state index contributed by atoms with van der Waals surface area (Å²) in [7, 11) is 0. The van der Waals surface area contributed by atoms with Gasteiger partial charge in [0.25, 0.3) is 0 Å². The largest absolute Gasteiger partial charge is 0.435 e. The highest BCUT2D eigenvalue weighted by molar-refractivity contribution is 8.00. The zero-order valence-electron chi connectivity index (χ0n) is 15.4. The Labute approximate surface area is 174 Å². The van der Waals surface area contributed by atoms with Gasteiger partial charge in [0.1, 0.15) is 5.75 Å². The topological polar surface area (TPSA) is 69.0 Å². The molecule has 2 aromatic heterocycles. The zero-order valence-corrected chi connectivity index (χ0v) is 17.1. The van der Waals surface area contributed by atoms with Crippen LogP contribution in [0, 0.1) is 0 Å². The van der Waals surface area contributed by atoms with E-state index in [4.69, 9.17) is 0 Å². The Morgan fingerprint density at radius 3 is 2.66 bits per heavy atom. The summed E-state index contributed by atoms with van der Waals surface area (Å²) in [5, 5.41) is 13.8. The smallest absolute Gasteiger partial charge is 0.387 e. The summed E-state index contributed by atoms with van der Waals surface area (Å²) in [5.74, 6) is 0.673. The molecular formula is C19H18F2N4O2S2. The van der Waals surface area contributed by atoms with Crippen LogP contribution in [0.4, 0.5) is 14.5 Å². The van der Waals surface area contributed by atoms with E-state index in [1.807, 2.05) is 17.5 Å². The van der Waals surface area contributed by atoms with Crippen molar-refractivity contribution in [3.05, 3.63) is 41.8 Å². The number of ether oxygens (including phenoxy) is 1. The Morgan fingerprint density at radius 2 is 2.03 bits per heavy atom. The summed E-state index contributed by atoms with van der Waals surface area (Å²) in [6, 6.07) is 10.2. The second-order valence-electron chi connectivity index (χ2n) is 6.54. The molecule has 1 aliphatic rings. The van der Waals surface area contributed by atoms with Gasteiger partial charge in [-0.3, -0.25) is 9.36 Å². The van der Waals surface area contributed by atoms with Crippen LogP contribution in [0.2, 0.25) is 0 Å². The van der Waals surface area contributed by atoms with Crippen LogP contribution in [-0.4, -0.2) is 32.5 Å². The van der Waals surface area contributed by atoms with Gasteiger partial charge in [-0.25, -0.2) is 0 Å². The van der Waals surface area contributed by atoms with Gasteiger partial charge in [-0.1, -0.05) is 17.8 Å². The highest BCUT2D eigenvalue weighted by atomic mass is 32.2. The minimum Gasteiger partial charge on any atom is -0.435 e. The number of thiophene rings is 1. The maximum absolute atomic E-state index is 12.6. The Bertz CT molecular complexity index is 973. The van der Waals surface area contributed by atoms with Gasteiger partial charge in [-0.15, -0.1) is 21.5 Å². The number of nitrogens with one attached hydrogen (secondary N) is 1. The zero-order chi connectivity index (χ0) is 20.4. The summed E-state index contributed by atoms with van der Waals surface area (Å²) < 4.78 is 30.9. The van der Waals surface area contributed by atoms with E-state index >= 15 is 0 Å². The molecule has 4 rings (SSSR count). The maximum atomic E-state index is 12.6. The van der Waals surface area contributed by atoms with Crippen molar-refractivity contribution in [2.75, 3.05) is 5.32 Å². The molecule has 0 spiro atoms. The molecule has 1 aliphatic carbocycles. The molecule has 29 heavy (non-hydrogen) atoms. The standard InChI is InChI=1S/C19H18F2N4O2S2/c1-11(17(26)22-12-4-8-14(9-5-12)27-18(20)21)29-19-24-23-16(15-3-2-10-28-15)25(19)13-6-7-13/h2-5,8-11,13,18H,6-7H2,1H3,(H,22,26). The average molecular weight is 437 g/mol. The third kappa shape index (κ3) is 4.76. The molecule has 1 atom stereocenters. The summed E-state index contributed by atoms with van der Waals surface area (Å²) in [4.78, 5) is 13.6. The van der Waals surface area contributed by atoms with E-state index in [1.165, 1.54) is 36.0 Å². The van der Waals surface area contributed by atoms with E-state index in [2.05, 4.69) is 24.8 Å². The van der Waals surface area contributed by atoms with E-state index in [9.17, 15) is 13.6 Å². The molecule has 3 aromatic rings. The lowest BCUT2D eigenvalue weighted by Gasteiger charge is -2.13. The number of hydrogen-bond donors (Lipinski definition) is 1. The van der Waals surface area contributed by atoms with Crippen molar-refractivity contribution in [3.63, 3.8) is 0 Å². The number of carbonyl (C=O) groups is 1. The van der Waals surface area contributed by atoms with Crippen molar-refractivity contribution in [2.24, 2.45) is 0 Å². The van der Waals surface area contributed by atoms with Gasteiger partial charge < -0.3 is 10.1 Å². The number of aromatic nitrogens is 3. The Balaban J connectivity index is 1.43. The van der Waals surface area contributed by atoms with Crippen molar-refractivity contribution in [2.45, 2.75) is 42.8 Å². The Morgan fingerprint density at radius 1 is 1.28 bits per heavy atom. The first-order valence-electron chi connectivity index (χ1n) is 9.02. The van der Waals surface area contributed by atoms with Gasteiger partial charge in [0.05, 0.1) is 10.1 Å². The molecule has 1 fully saturated rings. The molecule has 1 saturated carbocycles. The molecule has 2 heterocycles.